The van der Waals surface area contributed by atoms with Gasteiger partial charge in [0.05, 0.1) is 0 Å². The van der Waals surface area contributed by atoms with E-state index >= 15 is 0 Å². The molecule has 0 saturated heterocycles. The first-order chi connectivity index (χ1) is 9.72. The Morgan fingerprint density at radius 1 is 1.10 bits per heavy atom. The molecule has 3 aromatic rings. The van der Waals surface area contributed by atoms with Gasteiger partial charge >= 0.3 is 0 Å². The molecule has 0 fully saturated rings. The van der Waals surface area contributed by atoms with Crippen LogP contribution in [0, 0.1) is 12.7 Å². The number of hydrogen-bond donors (Lipinski definition) is 1. The molecule has 1 heterocycles. The molecule has 0 aliphatic rings. The molecule has 3 rings (SSSR count). The van der Waals surface area contributed by atoms with Gasteiger partial charge in [-0.15, -0.1) is 0 Å². The molecule has 0 amide bonds. The second-order valence-electron chi connectivity index (χ2n) is 5.01. The van der Waals surface area contributed by atoms with Crippen LogP contribution in [-0.2, 0) is 6.54 Å². The molecule has 102 valence electrons. The summed E-state index contributed by atoms with van der Waals surface area (Å²) in [4.78, 5) is 0. The van der Waals surface area contributed by atoms with Crippen LogP contribution >= 0.6 is 0 Å². The van der Waals surface area contributed by atoms with Crippen LogP contribution in [0.4, 0.5) is 10.1 Å². The molecule has 3 heteroatoms. The molecule has 1 N–H and O–H groups in total. The number of hydrogen-bond acceptors (Lipinski definition) is 1. The standard InChI is InChI=1S/C17H17FN2/c1-13-5-6-17-14(11-13)7-9-20(17)10-8-19-16-4-2-3-15(18)12-16/h2-7,9,11-12,19H,8,10H2,1H3. The molecule has 0 unspecified atom stereocenters. The molecule has 2 aromatic carbocycles. The van der Waals surface area contributed by atoms with Crippen molar-refractivity contribution in [2.24, 2.45) is 0 Å². The maximum absolute atomic E-state index is 13.1. The van der Waals surface area contributed by atoms with Crippen LogP contribution in [0.3, 0.4) is 0 Å². The van der Waals surface area contributed by atoms with Crippen molar-refractivity contribution >= 4 is 16.6 Å². The quantitative estimate of drug-likeness (QED) is 0.750. The molecule has 0 bridgehead atoms. The van der Waals surface area contributed by atoms with Crippen LogP contribution in [0.1, 0.15) is 5.56 Å². The highest BCUT2D eigenvalue weighted by molar-refractivity contribution is 5.80. The van der Waals surface area contributed by atoms with Crippen molar-refractivity contribution in [1.29, 1.82) is 0 Å². The molecule has 0 radical (unpaired) electrons. The molecular weight excluding hydrogens is 251 g/mol. The van der Waals surface area contributed by atoms with Crippen LogP contribution in [0.15, 0.2) is 54.7 Å². The monoisotopic (exact) mass is 268 g/mol. The van der Waals surface area contributed by atoms with Crippen molar-refractivity contribution < 1.29 is 4.39 Å². The minimum Gasteiger partial charge on any atom is -0.383 e. The van der Waals surface area contributed by atoms with Gasteiger partial charge in [-0.2, -0.15) is 0 Å². The predicted molar refractivity (Wildman–Crippen MR) is 81.6 cm³/mol. The summed E-state index contributed by atoms with van der Waals surface area (Å²) in [6.45, 7) is 3.71. The first kappa shape index (κ1) is 12.7. The number of halogens is 1. The van der Waals surface area contributed by atoms with Crippen LogP contribution in [0.2, 0.25) is 0 Å². The summed E-state index contributed by atoms with van der Waals surface area (Å²) in [5, 5.41) is 4.50. The normalized spacial score (nSPS) is 10.9. The summed E-state index contributed by atoms with van der Waals surface area (Å²) in [5.41, 5.74) is 3.32. The minimum atomic E-state index is -0.211. The van der Waals surface area contributed by atoms with Gasteiger partial charge < -0.3 is 9.88 Å². The first-order valence-electron chi connectivity index (χ1n) is 6.77. The number of aryl methyl sites for hydroxylation is 1. The fourth-order valence-corrected chi connectivity index (χ4v) is 2.43. The maximum atomic E-state index is 13.1. The third-order valence-corrected chi connectivity index (χ3v) is 3.43. The van der Waals surface area contributed by atoms with E-state index in [-0.39, 0.29) is 5.82 Å². The van der Waals surface area contributed by atoms with Crippen molar-refractivity contribution in [3.8, 4) is 0 Å². The summed E-state index contributed by atoms with van der Waals surface area (Å²) < 4.78 is 15.3. The van der Waals surface area contributed by atoms with E-state index in [9.17, 15) is 4.39 Å². The van der Waals surface area contributed by atoms with Crippen LogP contribution < -0.4 is 5.32 Å². The van der Waals surface area contributed by atoms with E-state index in [0.29, 0.717) is 0 Å². The Morgan fingerprint density at radius 3 is 2.85 bits per heavy atom. The van der Waals surface area contributed by atoms with Crippen molar-refractivity contribution in [3.63, 3.8) is 0 Å². The molecule has 0 saturated carbocycles. The number of anilines is 1. The Bertz CT molecular complexity index is 731. The highest BCUT2D eigenvalue weighted by Crippen LogP contribution is 2.17. The summed E-state index contributed by atoms with van der Waals surface area (Å²) in [6, 6.07) is 15.1. The lowest BCUT2D eigenvalue weighted by Gasteiger charge is -2.09. The average molecular weight is 268 g/mol. The van der Waals surface area contributed by atoms with Gasteiger partial charge in [0.25, 0.3) is 0 Å². The number of rotatable bonds is 4. The number of aromatic nitrogens is 1. The van der Waals surface area contributed by atoms with Gasteiger partial charge in [-0.05, 0) is 48.7 Å². The third-order valence-electron chi connectivity index (χ3n) is 3.43. The van der Waals surface area contributed by atoms with E-state index in [4.69, 9.17) is 0 Å². The zero-order valence-corrected chi connectivity index (χ0v) is 11.4. The fraction of sp³-hybridized carbons (Fsp3) is 0.176. The smallest absolute Gasteiger partial charge is 0.125 e. The highest BCUT2D eigenvalue weighted by atomic mass is 19.1. The fourth-order valence-electron chi connectivity index (χ4n) is 2.43. The number of nitrogens with zero attached hydrogens (tertiary/aromatic N) is 1. The van der Waals surface area contributed by atoms with Gasteiger partial charge in [-0.3, -0.25) is 0 Å². The van der Waals surface area contributed by atoms with Crippen LogP contribution in [0.5, 0.6) is 0 Å². The van der Waals surface area contributed by atoms with E-state index < -0.39 is 0 Å². The lowest BCUT2D eigenvalue weighted by atomic mass is 10.2. The van der Waals surface area contributed by atoms with E-state index in [0.717, 1.165) is 18.8 Å². The Balaban J connectivity index is 1.68. The Hall–Kier alpha value is -2.29. The third kappa shape index (κ3) is 2.67. The van der Waals surface area contributed by atoms with Crippen molar-refractivity contribution in [2.75, 3.05) is 11.9 Å². The van der Waals surface area contributed by atoms with Crippen molar-refractivity contribution in [3.05, 3.63) is 66.1 Å². The summed E-state index contributed by atoms with van der Waals surface area (Å²) >= 11 is 0. The number of nitrogens with one attached hydrogen (secondary N) is 1. The zero-order chi connectivity index (χ0) is 13.9. The van der Waals surface area contributed by atoms with Gasteiger partial charge in [0.1, 0.15) is 5.82 Å². The van der Waals surface area contributed by atoms with Crippen molar-refractivity contribution in [1.82, 2.24) is 4.57 Å². The first-order valence-corrected chi connectivity index (χ1v) is 6.77. The molecule has 0 atom stereocenters. The lowest BCUT2D eigenvalue weighted by Crippen LogP contribution is -2.09. The number of benzene rings is 2. The van der Waals surface area contributed by atoms with Gasteiger partial charge in [0, 0.05) is 30.5 Å². The predicted octanol–water partition coefficient (Wildman–Crippen LogP) is 4.20. The molecule has 2 nitrogen and oxygen atoms in total. The van der Waals surface area contributed by atoms with E-state index in [1.807, 2.05) is 6.07 Å². The molecular formula is C17H17FN2. The van der Waals surface area contributed by atoms with Gasteiger partial charge in [0.15, 0.2) is 0 Å². The molecule has 0 aliphatic carbocycles. The Kier molecular flexibility index (Phi) is 3.42. The van der Waals surface area contributed by atoms with Gasteiger partial charge in [-0.25, -0.2) is 4.39 Å². The SMILES string of the molecule is Cc1ccc2c(ccn2CCNc2cccc(F)c2)c1. The lowest BCUT2D eigenvalue weighted by molar-refractivity contribution is 0.628. The summed E-state index contributed by atoms with van der Waals surface area (Å²) in [7, 11) is 0. The van der Waals surface area contributed by atoms with Gasteiger partial charge in [-0.1, -0.05) is 17.7 Å². The van der Waals surface area contributed by atoms with Gasteiger partial charge in [0.2, 0.25) is 0 Å². The van der Waals surface area contributed by atoms with E-state index in [1.54, 1.807) is 6.07 Å². The molecule has 0 spiro atoms. The second kappa shape index (κ2) is 5.37. The Labute approximate surface area is 117 Å². The molecule has 0 aliphatic heterocycles. The van der Waals surface area contributed by atoms with E-state index in [1.165, 1.54) is 28.6 Å². The molecule has 1 aromatic heterocycles. The maximum Gasteiger partial charge on any atom is 0.125 e. The average Bonchev–Trinajstić information content (AvgIpc) is 2.81. The second-order valence-corrected chi connectivity index (χ2v) is 5.01. The number of fused-ring (bicyclic) bond motifs is 1. The van der Waals surface area contributed by atoms with E-state index in [2.05, 4.69) is 47.3 Å². The zero-order valence-electron chi connectivity index (χ0n) is 11.4. The topological polar surface area (TPSA) is 17.0 Å². The molecule has 20 heavy (non-hydrogen) atoms. The summed E-state index contributed by atoms with van der Waals surface area (Å²) in [6.07, 6.45) is 2.09. The van der Waals surface area contributed by atoms with Crippen LogP contribution in [-0.4, -0.2) is 11.1 Å². The highest BCUT2D eigenvalue weighted by Gasteiger charge is 2.01. The summed E-state index contributed by atoms with van der Waals surface area (Å²) in [5.74, 6) is -0.211. The minimum absolute atomic E-state index is 0.211. The van der Waals surface area contributed by atoms with Crippen molar-refractivity contribution in [2.45, 2.75) is 13.5 Å². The largest absolute Gasteiger partial charge is 0.383 e. The Morgan fingerprint density at radius 2 is 2.00 bits per heavy atom. The van der Waals surface area contributed by atoms with Crippen LogP contribution in [0.25, 0.3) is 10.9 Å².